The third-order valence-corrected chi connectivity index (χ3v) is 6.98. The molecule has 0 unspecified atom stereocenters. The standard InChI is InChI=1S/C23H22N6O2S/c24-12-14-2-1-3-16(10-14)25-23(31)26-17-4-5-18-20(11-17)32-28-21(18)22(30)27-19-13-29-8-6-15(19)7-9-29/h1-5,10-11,15,19H,6-9,13H2,(H,27,30)(H2,25,26,31)/t19-/m1/s1. The number of hydrogen-bond acceptors (Lipinski definition) is 6. The molecule has 0 saturated carbocycles. The molecule has 8 nitrogen and oxygen atoms in total. The number of nitriles is 1. The summed E-state index contributed by atoms with van der Waals surface area (Å²) in [7, 11) is 0. The molecule has 1 aromatic heterocycles. The van der Waals surface area contributed by atoms with Gasteiger partial charge in [-0.15, -0.1) is 0 Å². The Labute approximate surface area is 189 Å². The number of hydrogen-bond donors (Lipinski definition) is 3. The van der Waals surface area contributed by atoms with Crippen LogP contribution in [-0.2, 0) is 0 Å². The molecule has 3 aliphatic heterocycles. The van der Waals surface area contributed by atoms with Gasteiger partial charge in [-0.1, -0.05) is 6.07 Å². The van der Waals surface area contributed by atoms with Crippen LogP contribution in [0.25, 0.3) is 10.1 Å². The summed E-state index contributed by atoms with van der Waals surface area (Å²) in [6.45, 7) is 3.17. The number of nitrogens with one attached hydrogen (secondary N) is 3. The van der Waals surface area contributed by atoms with E-state index in [1.807, 2.05) is 18.2 Å². The fourth-order valence-electron chi connectivity index (χ4n) is 4.50. The molecule has 3 fully saturated rings. The van der Waals surface area contributed by atoms with Crippen LogP contribution in [-0.4, -0.2) is 46.9 Å². The third-order valence-electron chi connectivity index (χ3n) is 6.17. The lowest BCUT2D eigenvalue weighted by Gasteiger charge is -2.44. The Morgan fingerprint density at radius 1 is 1.09 bits per heavy atom. The molecule has 0 spiro atoms. The second kappa shape index (κ2) is 8.57. The van der Waals surface area contributed by atoms with Crippen molar-refractivity contribution in [1.82, 2.24) is 14.6 Å². The van der Waals surface area contributed by atoms with Gasteiger partial charge >= 0.3 is 6.03 Å². The maximum atomic E-state index is 12.9. The van der Waals surface area contributed by atoms with Crippen molar-refractivity contribution in [1.29, 1.82) is 5.26 Å². The first-order chi connectivity index (χ1) is 15.6. The summed E-state index contributed by atoms with van der Waals surface area (Å²) in [4.78, 5) is 27.6. The van der Waals surface area contributed by atoms with E-state index in [9.17, 15) is 9.59 Å². The highest BCUT2D eigenvalue weighted by atomic mass is 32.1. The van der Waals surface area contributed by atoms with Crippen LogP contribution in [0.1, 0.15) is 28.9 Å². The number of fused-ring (bicyclic) bond motifs is 4. The van der Waals surface area contributed by atoms with E-state index in [0.29, 0.717) is 28.6 Å². The number of amides is 3. The average Bonchev–Trinajstić information content (AvgIpc) is 3.23. The van der Waals surface area contributed by atoms with E-state index in [4.69, 9.17) is 5.26 Å². The van der Waals surface area contributed by atoms with Crippen molar-refractivity contribution in [3.05, 3.63) is 53.7 Å². The first-order valence-corrected chi connectivity index (χ1v) is 11.4. The molecule has 2 aromatic carbocycles. The predicted octanol–water partition coefficient (Wildman–Crippen LogP) is 3.64. The lowest BCUT2D eigenvalue weighted by atomic mass is 9.84. The molecule has 0 aliphatic carbocycles. The van der Waals surface area contributed by atoms with Crippen LogP contribution < -0.4 is 16.0 Å². The zero-order chi connectivity index (χ0) is 22.1. The molecule has 3 amide bonds. The Hall–Kier alpha value is -3.48. The number of rotatable bonds is 4. The molecule has 6 rings (SSSR count). The number of aromatic nitrogens is 1. The Bertz CT molecular complexity index is 1220. The first kappa shape index (κ1) is 20.4. The second-order valence-electron chi connectivity index (χ2n) is 8.23. The molecule has 1 atom stereocenters. The summed E-state index contributed by atoms with van der Waals surface area (Å²) in [6.07, 6.45) is 2.28. The van der Waals surface area contributed by atoms with Crippen LogP contribution in [0.2, 0.25) is 0 Å². The maximum absolute atomic E-state index is 12.9. The molecule has 3 saturated heterocycles. The lowest BCUT2D eigenvalue weighted by Crippen LogP contribution is -2.57. The number of carbonyl (C=O) groups is 2. The molecular weight excluding hydrogens is 424 g/mol. The smallest absolute Gasteiger partial charge is 0.323 e. The van der Waals surface area contributed by atoms with Crippen molar-refractivity contribution in [3.8, 4) is 6.07 Å². The van der Waals surface area contributed by atoms with Crippen molar-refractivity contribution in [2.24, 2.45) is 5.92 Å². The molecule has 4 heterocycles. The number of nitrogens with zero attached hydrogens (tertiary/aromatic N) is 3. The lowest BCUT2D eigenvalue weighted by molar-refractivity contribution is 0.0619. The molecule has 3 aromatic rings. The highest BCUT2D eigenvalue weighted by Gasteiger charge is 2.35. The van der Waals surface area contributed by atoms with Gasteiger partial charge in [0.2, 0.25) is 0 Å². The minimum Gasteiger partial charge on any atom is -0.346 e. The zero-order valence-corrected chi connectivity index (χ0v) is 18.1. The van der Waals surface area contributed by atoms with Crippen molar-refractivity contribution >= 4 is 44.9 Å². The normalized spacial score (nSPS) is 21.7. The Kier molecular flexibility index (Phi) is 5.47. The first-order valence-electron chi connectivity index (χ1n) is 10.6. The fraction of sp³-hybridized carbons (Fsp3) is 0.304. The number of benzene rings is 2. The summed E-state index contributed by atoms with van der Waals surface area (Å²) < 4.78 is 5.21. The van der Waals surface area contributed by atoms with Crippen LogP contribution in [0.4, 0.5) is 16.2 Å². The summed E-state index contributed by atoms with van der Waals surface area (Å²) in [6, 6.07) is 13.9. The van der Waals surface area contributed by atoms with Gasteiger partial charge < -0.3 is 20.9 Å². The van der Waals surface area contributed by atoms with Gasteiger partial charge in [-0.25, -0.2) is 4.79 Å². The van der Waals surface area contributed by atoms with Gasteiger partial charge in [0.25, 0.3) is 5.91 Å². The van der Waals surface area contributed by atoms with Gasteiger partial charge in [-0.2, -0.15) is 9.64 Å². The van der Waals surface area contributed by atoms with E-state index in [0.717, 1.165) is 42.6 Å². The van der Waals surface area contributed by atoms with Crippen LogP contribution in [0.3, 0.4) is 0 Å². The fourth-order valence-corrected chi connectivity index (χ4v) is 5.32. The monoisotopic (exact) mass is 446 g/mol. The summed E-state index contributed by atoms with van der Waals surface area (Å²) in [5, 5.41) is 18.4. The number of piperidine rings is 3. The SMILES string of the molecule is N#Cc1cccc(NC(=O)Nc2ccc3c(C(=O)N[C@@H]4CN5CCC4CC5)nsc3c2)c1. The van der Waals surface area contributed by atoms with Crippen LogP contribution in [0, 0.1) is 17.2 Å². The molecule has 3 N–H and O–H groups in total. The predicted molar refractivity (Wildman–Crippen MR) is 124 cm³/mol. The van der Waals surface area contributed by atoms with Gasteiger partial charge in [0, 0.05) is 29.3 Å². The van der Waals surface area contributed by atoms with Crippen molar-refractivity contribution in [2.45, 2.75) is 18.9 Å². The Morgan fingerprint density at radius 3 is 2.59 bits per heavy atom. The van der Waals surface area contributed by atoms with Gasteiger partial charge in [0.05, 0.1) is 16.3 Å². The molecule has 0 radical (unpaired) electrons. The third kappa shape index (κ3) is 4.15. The second-order valence-corrected chi connectivity index (χ2v) is 9.04. The van der Waals surface area contributed by atoms with Crippen LogP contribution in [0.5, 0.6) is 0 Å². The molecule has 2 bridgehead atoms. The van der Waals surface area contributed by atoms with E-state index in [-0.39, 0.29) is 11.9 Å². The zero-order valence-electron chi connectivity index (χ0n) is 17.3. The topological polar surface area (TPSA) is 110 Å². The van der Waals surface area contributed by atoms with Gasteiger partial charge in [0.1, 0.15) is 5.69 Å². The van der Waals surface area contributed by atoms with E-state index >= 15 is 0 Å². The van der Waals surface area contributed by atoms with E-state index in [2.05, 4.69) is 25.2 Å². The molecule has 3 aliphatic rings. The van der Waals surface area contributed by atoms with Crippen molar-refractivity contribution in [3.63, 3.8) is 0 Å². The molecular formula is C23H22N6O2S. The van der Waals surface area contributed by atoms with Crippen LogP contribution >= 0.6 is 11.5 Å². The number of anilines is 2. The molecule has 162 valence electrons. The van der Waals surface area contributed by atoms with Crippen LogP contribution in [0.15, 0.2) is 42.5 Å². The average molecular weight is 447 g/mol. The maximum Gasteiger partial charge on any atom is 0.323 e. The highest BCUT2D eigenvalue weighted by Crippen LogP contribution is 2.29. The summed E-state index contributed by atoms with van der Waals surface area (Å²) in [5.41, 5.74) is 2.04. The van der Waals surface area contributed by atoms with E-state index in [1.165, 1.54) is 11.5 Å². The highest BCUT2D eigenvalue weighted by molar-refractivity contribution is 7.13. The van der Waals surface area contributed by atoms with E-state index < -0.39 is 6.03 Å². The molecule has 32 heavy (non-hydrogen) atoms. The number of urea groups is 1. The summed E-state index contributed by atoms with van der Waals surface area (Å²) in [5.74, 6) is 0.419. The van der Waals surface area contributed by atoms with E-state index in [1.54, 1.807) is 30.3 Å². The largest absolute Gasteiger partial charge is 0.346 e. The van der Waals surface area contributed by atoms with Crippen molar-refractivity contribution in [2.75, 3.05) is 30.3 Å². The minimum absolute atomic E-state index is 0.133. The molecule has 9 heteroatoms. The van der Waals surface area contributed by atoms with Crippen molar-refractivity contribution < 1.29 is 9.59 Å². The van der Waals surface area contributed by atoms with Gasteiger partial charge in [-0.3, -0.25) is 4.79 Å². The van der Waals surface area contributed by atoms with Gasteiger partial charge in [0.15, 0.2) is 0 Å². The Balaban J connectivity index is 1.26. The minimum atomic E-state index is -0.413. The Morgan fingerprint density at radius 2 is 1.88 bits per heavy atom. The summed E-state index contributed by atoms with van der Waals surface area (Å²) >= 11 is 1.24. The van der Waals surface area contributed by atoms with Gasteiger partial charge in [-0.05, 0) is 79.8 Å². The quantitative estimate of drug-likeness (QED) is 0.567. The number of carbonyl (C=O) groups excluding carboxylic acids is 2.